The van der Waals surface area contributed by atoms with Gasteiger partial charge in [-0.2, -0.15) is 0 Å². The average molecular weight is 522 g/mol. The van der Waals surface area contributed by atoms with Gasteiger partial charge >= 0.3 is 0 Å². The fourth-order valence-electron chi connectivity index (χ4n) is 3.54. The smallest absolute Gasteiger partial charge is 0.234 e. The van der Waals surface area contributed by atoms with Crippen molar-refractivity contribution in [3.05, 3.63) is 17.0 Å². The van der Waals surface area contributed by atoms with Crippen LogP contribution in [0.25, 0.3) is 0 Å². The molecule has 9 nitrogen and oxygen atoms in total. The molecule has 10 heteroatoms. The number of aryl methyl sites for hydroxylation is 2. The van der Waals surface area contributed by atoms with Crippen molar-refractivity contribution < 1.29 is 14.1 Å². The average Bonchev–Trinajstić information content (AvgIpc) is 3.02. The van der Waals surface area contributed by atoms with Crippen molar-refractivity contribution in [2.24, 2.45) is 4.99 Å². The van der Waals surface area contributed by atoms with E-state index >= 15 is 0 Å². The number of rotatable bonds is 8. The predicted molar refractivity (Wildman–Crippen MR) is 124 cm³/mol. The number of guanidine groups is 1. The Morgan fingerprint density at radius 1 is 1.28 bits per heavy atom. The highest BCUT2D eigenvalue weighted by Crippen LogP contribution is 2.22. The molecule has 0 spiro atoms. The fraction of sp³-hybridized carbons (Fsp3) is 0.737. The number of halogens is 1. The van der Waals surface area contributed by atoms with Gasteiger partial charge < -0.3 is 24.8 Å². The summed E-state index contributed by atoms with van der Waals surface area (Å²) in [6.07, 6.45) is 0. The summed E-state index contributed by atoms with van der Waals surface area (Å²) in [5.74, 6) is 2.09. The van der Waals surface area contributed by atoms with E-state index in [1.54, 1.807) is 14.2 Å². The van der Waals surface area contributed by atoms with Crippen LogP contribution in [-0.4, -0.2) is 93.4 Å². The van der Waals surface area contributed by atoms with E-state index in [1.807, 2.05) is 13.8 Å². The van der Waals surface area contributed by atoms with Crippen LogP contribution in [0.5, 0.6) is 0 Å². The molecule has 1 aromatic heterocycles. The molecule has 0 saturated carbocycles. The molecule has 29 heavy (non-hydrogen) atoms. The number of carbonyl (C=O) groups excluding carboxylic acids is 1. The first kappa shape index (κ1) is 25.6. The zero-order valence-corrected chi connectivity index (χ0v) is 20.5. The summed E-state index contributed by atoms with van der Waals surface area (Å²) in [5, 5.41) is 10.4. The lowest BCUT2D eigenvalue weighted by Crippen LogP contribution is -2.54. The number of piperazine rings is 1. The highest BCUT2D eigenvalue weighted by atomic mass is 127. The second-order valence-corrected chi connectivity index (χ2v) is 7.17. The van der Waals surface area contributed by atoms with E-state index in [0.717, 1.165) is 55.7 Å². The van der Waals surface area contributed by atoms with E-state index in [-0.39, 0.29) is 35.8 Å². The fourth-order valence-corrected chi connectivity index (χ4v) is 3.54. The third-order valence-corrected chi connectivity index (χ3v) is 5.03. The SMILES string of the molecule is CN=C(NCC(C)c1c(C)noc1C)N1CCN(CC(=O)NCCOC)CC1.I. The van der Waals surface area contributed by atoms with Gasteiger partial charge in [0.1, 0.15) is 5.76 Å². The lowest BCUT2D eigenvalue weighted by Gasteiger charge is -2.36. The molecule has 2 rings (SSSR count). The van der Waals surface area contributed by atoms with E-state index in [9.17, 15) is 4.79 Å². The number of methoxy groups -OCH3 is 1. The predicted octanol–water partition coefficient (Wildman–Crippen LogP) is 0.969. The van der Waals surface area contributed by atoms with Gasteiger partial charge in [-0.1, -0.05) is 12.1 Å². The molecule has 1 saturated heterocycles. The van der Waals surface area contributed by atoms with Gasteiger partial charge in [0.2, 0.25) is 5.91 Å². The quantitative estimate of drug-likeness (QED) is 0.228. The van der Waals surface area contributed by atoms with Crippen LogP contribution >= 0.6 is 24.0 Å². The molecule has 0 aliphatic carbocycles. The molecule has 1 unspecified atom stereocenters. The van der Waals surface area contributed by atoms with Crippen molar-refractivity contribution in [3.63, 3.8) is 0 Å². The number of nitrogens with one attached hydrogen (secondary N) is 2. The van der Waals surface area contributed by atoms with Gasteiger partial charge in [0, 0.05) is 64.9 Å². The normalized spacial score (nSPS) is 16.3. The Kier molecular flexibility index (Phi) is 11.5. The van der Waals surface area contributed by atoms with E-state index in [4.69, 9.17) is 9.26 Å². The Balaban J connectivity index is 0.00000420. The second kappa shape index (κ2) is 13.0. The summed E-state index contributed by atoms with van der Waals surface area (Å²) >= 11 is 0. The van der Waals surface area contributed by atoms with Crippen LogP contribution in [0.4, 0.5) is 0 Å². The maximum atomic E-state index is 11.9. The lowest BCUT2D eigenvalue weighted by atomic mass is 10.00. The molecule has 166 valence electrons. The summed E-state index contributed by atoms with van der Waals surface area (Å²) < 4.78 is 10.2. The van der Waals surface area contributed by atoms with E-state index in [0.29, 0.717) is 19.7 Å². The van der Waals surface area contributed by atoms with Crippen molar-refractivity contribution in [2.75, 3.05) is 66.6 Å². The summed E-state index contributed by atoms with van der Waals surface area (Å²) in [7, 11) is 3.43. The largest absolute Gasteiger partial charge is 0.383 e. The minimum absolute atomic E-state index is 0. The Bertz CT molecular complexity index is 639. The number of carbonyl (C=O) groups is 1. The van der Waals surface area contributed by atoms with Gasteiger partial charge in [0.15, 0.2) is 5.96 Å². The van der Waals surface area contributed by atoms with Crippen molar-refractivity contribution in [1.82, 2.24) is 25.6 Å². The van der Waals surface area contributed by atoms with Gasteiger partial charge in [-0.05, 0) is 13.8 Å². The summed E-state index contributed by atoms with van der Waals surface area (Å²) in [5.41, 5.74) is 2.10. The van der Waals surface area contributed by atoms with E-state index < -0.39 is 0 Å². The Hall–Kier alpha value is -1.40. The number of amides is 1. The summed E-state index contributed by atoms with van der Waals surface area (Å²) in [4.78, 5) is 20.8. The summed E-state index contributed by atoms with van der Waals surface area (Å²) in [6, 6.07) is 0. The molecule has 1 amide bonds. The Labute approximate surface area is 190 Å². The monoisotopic (exact) mass is 522 g/mol. The van der Waals surface area contributed by atoms with Crippen LogP contribution < -0.4 is 10.6 Å². The molecule has 1 atom stereocenters. The van der Waals surface area contributed by atoms with Crippen molar-refractivity contribution in [3.8, 4) is 0 Å². The summed E-state index contributed by atoms with van der Waals surface area (Å²) in [6.45, 7) is 11.7. The number of hydrogen-bond acceptors (Lipinski definition) is 6. The molecular formula is C19H35IN6O3. The zero-order valence-electron chi connectivity index (χ0n) is 18.2. The first-order valence-electron chi connectivity index (χ1n) is 9.82. The first-order chi connectivity index (χ1) is 13.5. The zero-order chi connectivity index (χ0) is 20.5. The lowest BCUT2D eigenvalue weighted by molar-refractivity contribution is -0.122. The van der Waals surface area contributed by atoms with Crippen LogP contribution in [0, 0.1) is 13.8 Å². The minimum Gasteiger partial charge on any atom is -0.383 e. The molecule has 0 aromatic carbocycles. The van der Waals surface area contributed by atoms with Crippen molar-refractivity contribution in [1.29, 1.82) is 0 Å². The van der Waals surface area contributed by atoms with Gasteiger partial charge in [-0.3, -0.25) is 14.7 Å². The molecule has 1 aromatic rings. The van der Waals surface area contributed by atoms with Crippen LogP contribution in [-0.2, 0) is 9.53 Å². The Morgan fingerprint density at radius 3 is 2.52 bits per heavy atom. The number of ether oxygens (including phenoxy) is 1. The Morgan fingerprint density at radius 2 is 1.97 bits per heavy atom. The molecule has 2 heterocycles. The first-order valence-corrected chi connectivity index (χ1v) is 9.82. The van der Waals surface area contributed by atoms with Gasteiger partial charge in [0.25, 0.3) is 0 Å². The minimum atomic E-state index is 0. The van der Waals surface area contributed by atoms with Crippen LogP contribution in [0.1, 0.15) is 29.9 Å². The highest BCUT2D eigenvalue weighted by Gasteiger charge is 2.22. The third-order valence-electron chi connectivity index (χ3n) is 5.03. The standard InChI is InChI=1S/C19H34N6O3.HI/c1-14(18-15(2)23-28-16(18)3)12-22-19(20-4)25-9-7-24(8-10-25)13-17(26)21-6-11-27-5;/h14H,6-13H2,1-5H3,(H,20,22)(H,21,26);1H. The number of aliphatic imine (C=N–C) groups is 1. The van der Waals surface area contributed by atoms with Crippen LogP contribution in [0.15, 0.2) is 9.52 Å². The number of nitrogens with zero attached hydrogens (tertiary/aromatic N) is 4. The van der Waals surface area contributed by atoms with Crippen molar-refractivity contribution in [2.45, 2.75) is 26.7 Å². The molecule has 0 radical (unpaired) electrons. The van der Waals surface area contributed by atoms with Crippen LogP contribution in [0.3, 0.4) is 0 Å². The van der Waals surface area contributed by atoms with E-state index in [2.05, 4.69) is 37.5 Å². The molecule has 1 aliphatic rings. The third kappa shape index (κ3) is 7.74. The molecule has 1 aliphatic heterocycles. The molecule has 0 bridgehead atoms. The highest BCUT2D eigenvalue weighted by molar-refractivity contribution is 14.0. The van der Waals surface area contributed by atoms with Gasteiger partial charge in [0.05, 0.1) is 18.8 Å². The molecule has 2 N–H and O–H groups in total. The van der Waals surface area contributed by atoms with Crippen LogP contribution in [0.2, 0.25) is 0 Å². The van der Waals surface area contributed by atoms with E-state index in [1.165, 1.54) is 0 Å². The van der Waals surface area contributed by atoms with Gasteiger partial charge in [-0.25, -0.2) is 0 Å². The maximum Gasteiger partial charge on any atom is 0.234 e. The number of aromatic nitrogens is 1. The molecular weight excluding hydrogens is 487 g/mol. The topological polar surface area (TPSA) is 95.2 Å². The molecule has 1 fully saturated rings. The second-order valence-electron chi connectivity index (χ2n) is 7.17. The number of hydrogen-bond donors (Lipinski definition) is 2. The maximum absolute atomic E-state index is 11.9. The van der Waals surface area contributed by atoms with Crippen molar-refractivity contribution >= 4 is 35.8 Å². The van der Waals surface area contributed by atoms with Gasteiger partial charge in [-0.15, -0.1) is 24.0 Å².